The maximum atomic E-state index is 11.2. The van der Waals surface area contributed by atoms with Gasteiger partial charge in [-0.05, 0) is 26.2 Å². The predicted octanol–water partition coefficient (Wildman–Crippen LogP) is 5.67. The summed E-state index contributed by atoms with van der Waals surface area (Å²) in [5.41, 5.74) is 0.473. The molecule has 0 aliphatic heterocycles. The Balaban J connectivity index is 3.46. The molecule has 0 unspecified atom stereocenters. The summed E-state index contributed by atoms with van der Waals surface area (Å²) < 4.78 is 22.1. The van der Waals surface area contributed by atoms with Crippen molar-refractivity contribution in [1.29, 1.82) is 0 Å². The second kappa shape index (κ2) is 17.4. The van der Waals surface area contributed by atoms with Crippen LogP contribution in [0.5, 0.6) is 0 Å². The molecular formula is C21H42O5Si. The van der Waals surface area contributed by atoms with Crippen LogP contribution in [0, 0.1) is 0 Å². The number of esters is 1. The van der Waals surface area contributed by atoms with Crippen molar-refractivity contribution in [2.45, 2.75) is 90.5 Å². The lowest BCUT2D eigenvalue weighted by molar-refractivity contribution is -0.139. The van der Waals surface area contributed by atoms with Crippen molar-refractivity contribution in [3.8, 4) is 0 Å². The summed E-state index contributed by atoms with van der Waals surface area (Å²) in [7, 11) is 0.997. The fourth-order valence-corrected chi connectivity index (χ4v) is 5.03. The van der Waals surface area contributed by atoms with E-state index in [9.17, 15) is 4.79 Å². The van der Waals surface area contributed by atoms with E-state index >= 15 is 0 Å². The molecule has 27 heavy (non-hydrogen) atoms. The van der Waals surface area contributed by atoms with Crippen LogP contribution in [0.15, 0.2) is 12.2 Å². The van der Waals surface area contributed by atoms with Gasteiger partial charge in [0, 0.05) is 32.4 Å². The third kappa shape index (κ3) is 14.0. The van der Waals surface area contributed by atoms with E-state index in [1.807, 2.05) is 0 Å². The molecule has 0 N–H and O–H groups in total. The Morgan fingerprint density at radius 3 is 1.74 bits per heavy atom. The molecule has 6 heteroatoms. The Morgan fingerprint density at radius 1 is 0.815 bits per heavy atom. The second-order valence-corrected chi connectivity index (χ2v) is 10.1. The lowest BCUT2D eigenvalue weighted by Crippen LogP contribution is -2.43. The lowest BCUT2D eigenvalue weighted by Gasteiger charge is -2.26. The van der Waals surface area contributed by atoms with E-state index in [0.29, 0.717) is 18.8 Å². The summed E-state index contributed by atoms with van der Waals surface area (Å²) in [5.74, 6) is -0.275. The number of carbonyl (C=O) groups is 1. The van der Waals surface area contributed by atoms with Crippen LogP contribution in [-0.4, -0.2) is 42.2 Å². The lowest BCUT2D eigenvalue weighted by atomic mass is 10.1. The first-order valence-corrected chi connectivity index (χ1v) is 12.5. The zero-order valence-electron chi connectivity index (χ0n) is 18.1. The Hall–Kier alpha value is -0.693. The van der Waals surface area contributed by atoms with E-state index in [1.54, 1.807) is 21.1 Å². The fraction of sp³-hybridized carbons (Fsp3) is 0.857. The Morgan fingerprint density at radius 2 is 1.30 bits per heavy atom. The van der Waals surface area contributed by atoms with Crippen molar-refractivity contribution in [2.75, 3.05) is 27.4 Å². The minimum absolute atomic E-state index is 0.275. The first kappa shape index (κ1) is 26.3. The van der Waals surface area contributed by atoms with Crippen molar-refractivity contribution < 1.29 is 22.8 Å². The molecule has 0 aromatic rings. The van der Waals surface area contributed by atoms with E-state index in [2.05, 4.69) is 13.5 Å². The summed E-state index contributed by atoms with van der Waals surface area (Å²) in [6.45, 7) is 8.58. The van der Waals surface area contributed by atoms with Gasteiger partial charge in [-0.1, -0.05) is 64.9 Å². The van der Waals surface area contributed by atoms with Gasteiger partial charge in [-0.3, -0.25) is 0 Å². The van der Waals surface area contributed by atoms with Crippen LogP contribution in [0.25, 0.3) is 0 Å². The second-order valence-electron chi connectivity index (χ2n) is 7.14. The molecule has 0 atom stereocenters. The van der Waals surface area contributed by atoms with Gasteiger partial charge in [-0.25, -0.2) is 4.79 Å². The number of rotatable bonds is 19. The van der Waals surface area contributed by atoms with Gasteiger partial charge in [0.25, 0.3) is 0 Å². The van der Waals surface area contributed by atoms with Crippen molar-refractivity contribution in [3.63, 3.8) is 0 Å². The Bertz CT molecular complexity index is 383. The number of unbranched alkanes of at least 4 members (excludes halogenated alkanes) is 9. The summed E-state index contributed by atoms with van der Waals surface area (Å²) >= 11 is 0. The highest BCUT2D eigenvalue weighted by atomic mass is 28.4. The molecule has 0 aromatic carbocycles. The van der Waals surface area contributed by atoms with Gasteiger partial charge in [0.1, 0.15) is 0 Å². The van der Waals surface area contributed by atoms with Crippen LogP contribution in [0.1, 0.15) is 84.5 Å². The number of hydrogen-bond acceptors (Lipinski definition) is 5. The molecule has 0 bridgehead atoms. The van der Waals surface area contributed by atoms with E-state index in [-0.39, 0.29) is 5.97 Å². The predicted molar refractivity (Wildman–Crippen MR) is 113 cm³/mol. The molecule has 0 spiro atoms. The van der Waals surface area contributed by atoms with E-state index in [0.717, 1.165) is 31.7 Å². The van der Waals surface area contributed by atoms with Gasteiger partial charge >= 0.3 is 14.8 Å². The molecule has 0 rings (SSSR count). The van der Waals surface area contributed by atoms with Gasteiger partial charge in [0.05, 0.1) is 6.61 Å². The van der Waals surface area contributed by atoms with Crippen molar-refractivity contribution in [1.82, 2.24) is 0 Å². The summed E-state index contributed by atoms with van der Waals surface area (Å²) in [6.07, 6.45) is 13.0. The SMILES string of the molecule is C=C(C)C(=O)OCCCCCCCCCCCC[Si](OC)(OC)OCCC. The molecule has 0 heterocycles. The molecule has 0 saturated carbocycles. The molecule has 0 amide bonds. The largest absolute Gasteiger partial charge is 0.500 e. The van der Waals surface area contributed by atoms with Crippen molar-refractivity contribution in [3.05, 3.63) is 12.2 Å². The smallest absolute Gasteiger partial charge is 0.462 e. The van der Waals surface area contributed by atoms with Crippen molar-refractivity contribution in [2.24, 2.45) is 0 Å². The highest BCUT2D eigenvalue weighted by Gasteiger charge is 2.37. The molecule has 0 fully saturated rings. The highest BCUT2D eigenvalue weighted by molar-refractivity contribution is 6.60. The van der Waals surface area contributed by atoms with Crippen LogP contribution < -0.4 is 0 Å². The molecule has 0 aliphatic carbocycles. The summed E-state index contributed by atoms with van der Waals surface area (Å²) in [6, 6.07) is 0.913. The standard InChI is InChI=1S/C21H42O5Si/c1-6-17-26-27(23-4,24-5)19-16-14-12-10-8-7-9-11-13-15-18-25-21(22)20(2)3/h2,6-19H2,1,3-5H3. The monoisotopic (exact) mass is 402 g/mol. The first-order chi connectivity index (χ1) is 13.0. The third-order valence-electron chi connectivity index (χ3n) is 4.61. The molecule has 160 valence electrons. The zero-order chi connectivity index (χ0) is 20.4. The fourth-order valence-electron chi connectivity index (χ4n) is 2.88. The minimum Gasteiger partial charge on any atom is -0.462 e. The minimum atomic E-state index is -2.41. The number of hydrogen-bond donors (Lipinski definition) is 0. The topological polar surface area (TPSA) is 54.0 Å². The Labute approximate surface area is 168 Å². The first-order valence-electron chi connectivity index (χ1n) is 10.6. The van der Waals surface area contributed by atoms with Crippen LogP contribution >= 0.6 is 0 Å². The third-order valence-corrected chi connectivity index (χ3v) is 7.46. The van der Waals surface area contributed by atoms with Crippen LogP contribution in [-0.2, 0) is 22.8 Å². The van der Waals surface area contributed by atoms with Crippen LogP contribution in [0.4, 0.5) is 0 Å². The van der Waals surface area contributed by atoms with Crippen LogP contribution in [0.2, 0.25) is 6.04 Å². The quantitative estimate of drug-likeness (QED) is 0.121. The molecule has 0 radical (unpaired) electrons. The van der Waals surface area contributed by atoms with E-state index in [1.165, 1.54) is 44.9 Å². The van der Waals surface area contributed by atoms with E-state index in [4.69, 9.17) is 18.0 Å². The van der Waals surface area contributed by atoms with Crippen molar-refractivity contribution >= 4 is 14.8 Å². The average molecular weight is 403 g/mol. The Kier molecular flexibility index (Phi) is 17.0. The number of carbonyl (C=O) groups excluding carboxylic acids is 1. The molecule has 5 nitrogen and oxygen atoms in total. The summed E-state index contributed by atoms with van der Waals surface area (Å²) in [4.78, 5) is 11.2. The molecule has 0 aliphatic rings. The molecule has 0 aromatic heterocycles. The van der Waals surface area contributed by atoms with Gasteiger partial charge < -0.3 is 18.0 Å². The number of ether oxygens (including phenoxy) is 1. The highest BCUT2D eigenvalue weighted by Crippen LogP contribution is 2.19. The van der Waals surface area contributed by atoms with E-state index < -0.39 is 8.80 Å². The van der Waals surface area contributed by atoms with Gasteiger partial charge in [0.15, 0.2) is 0 Å². The van der Waals surface area contributed by atoms with Crippen LogP contribution in [0.3, 0.4) is 0 Å². The molecule has 0 saturated heterocycles. The summed E-state index contributed by atoms with van der Waals surface area (Å²) in [5, 5.41) is 0. The van der Waals surface area contributed by atoms with Gasteiger partial charge in [0.2, 0.25) is 0 Å². The maximum absolute atomic E-state index is 11.2. The maximum Gasteiger partial charge on any atom is 0.500 e. The average Bonchev–Trinajstić information content (AvgIpc) is 2.67. The zero-order valence-corrected chi connectivity index (χ0v) is 19.1. The van der Waals surface area contributed by atoms with Gasteiger partial charge in [-0.15, -0.1) is 0 Å². The molecular weight excluding hydrogens is 360 g/mol. The normalized spacial score (nSPS) is 11.6. The van der Waals surface area contributed by atoms with Gasteiger partial charge in [-0.2, -0.15) is 0 Å².